The second-order valence-corrected chi connectivity index (χ2v) is 7.88. The molecule has 1 amide bonds. The van der Waals surface area contributed by atoms with Crippen LogP contribution >= 0.6 is 11.6 Å². The van der Waals surface area contributed by atoms with E-state index in [1.165, 1.54) is 6.07 Å². The van der Waals surface area contributed by atoms with Gasteiger partial charge in [0.15, 0.2) is 0 Å². The third-order valence-electron chi connectivity index (χ3n) is 4.51. The molecule has 0 aliphatic rings. The van der Waals surface area contributed by atoms with Crippen LogP contribution in [0.4, 0.5) is 0 Å². The van der Waals surface area contributed by atoms with E-state index in [2.05, 4.69) is 15.0 Å². The van der Waals surface area contributed by atoms with Gasteiger partial charge in [0.25, 0.3) is 5.56 Å². The summed E-state index contributed by atoms with van der Waals surface area (Å²) in [7, 11) is 0. The first-order valence-corrected chi connectivity index (χ1v) is 9.15. The standard InChI is InChI=1S/C21H21ClN4O2/c1-12-6-14(11-24-10-12)17-8-18(27)26-19(25-17)15-7-13(4-5-16(15)22)9-21(2,3)20(23)28/h4-8,10-11H,9H2,1-3H3,(H2,23,28)(H,25,26,27). The number of rotatable bonds is 5. The summed E-state index contributed by atoms with van der Waals surface area (Å²) in [6.07, 6.45) is 3.84. The molecule has 2 aromatic heterocycles. The summed E-state index contributed by atoms with van der Waals surface area (Å²) in [6.45, 7) is 5.50. The first-order valence-electron chi connectivity index (χ1n) is 8.78. The van der Waals surface area contributed by atoms with Crippen molar-refractivity contribution in [3.05, 3.63) is 69.2 Å². The minimum absolute atomic E-state index is 0.291. The number of primary amides is 1. The van der Waals surface area contributed by atoms with Crippen molar-refractivity contribution >= 4 is 17.5 Å². The van der Waals surface area contributed by atoms with Crippen LogP contribution in [0.15, 0.2) is 47.5 Å². The molecule has 3 aromatic rings. The van der Waals surface area contributed by atoms with Crippen molar-refractivity contribution in [3.8, 4) is 22.6 Å². The molecule has 2 heterocycles. The number of pyridine rings is 1. The van der Waals surface area contributed by atoms with E-state index in [0.717, 1.165) is 16.7 Å². The Hall–Kier alpha value is -2.99. The highest BCUT2D eigenvalue weighted by Gasteiger charge is 2.25. The summed E-state index contributed by atoms with van der Waals surface area (Å²) in [5.41, 5.74) is 8.16. The fourth-order valence-electron chi connectivity index (χ4n) is 2.89. The van der Waals surface area contributed by atoms with Crippen molar-refractivity contribution in [2.45, 2.75) is 27.2 Å². The van der Waals surface area contributed by atoms with Crippen LogP contribution in [0.2, 0.25) is 5.02 Å². The normalized spacial score (nSPS) is 11.4. The molecule has 0 fully saturated rings. The van der Waals surface area contributed by atoms with Gasteiger partial charge in [-0.1, -0.05) is 31.5 Å². The van der Waals surface area contributed by atoms with E-state index >= 15 is 0 Å². The predicted molar refractivity (Wildman–Crippen MR) is 110 cm³/mol. The van der Waals surface area contributed by atoms with Crippen molar-refractivity contribution in [1.82, 2.24) is 15.0 Å². The van der Waals surface area contributed by atoms with Gasteiger partial charge in [-0.2, -0.15) is 0 Å². The number of nitrogens with zero attached hydrogens (tertiary/aromatic N) is 2. The number of aromatic amines is 1. The molecule has 0 radical (unpaired) electrons. The van der Waals surface area contributed by atoms with Crippen LogP contribution in [0.3, 0.4) is 0 Å². The van der Waals surface area contributed by atoms with E-state index in [-0.39, 0.29) is 11.5 Å². The molecule has 6 nitrogen and oxygen atoms in total. The highest BCUT2D eigenvalue weighted by molar-refractivity contribution is 6.33. The molecule has 0 bridgehead atoms. The smallest absolute Gasteiger partial charge is 0.251 e. The monoisotopic (exact) mass is 396 g/mol. The molecule has 0 spiro atoms. The first-order chi connectivity index (χ1) is 13.2. The number of halogens is 1. The van der Waals surface area contributed by atoms with Gasteiger partial charge in [0.2, 0.25) is 5.91 Å². The fraction of sp³-hybridized carbons (Fsp3) is 0.238. The average Bonchev–Trinajstić information content (AvgIpc) is 2.62. The molecular formula is C21H21ClN4O2. The van der Waals surface area contributed by atoms with Gasteiger partial charge in [0.1, 0.15) is 5.82 Å². The molecule has 0 saturated carbocycles. The van der Waals surface area contributed by atoms with Gasteiger partial charge in [-0.3, -0.25) is 14.6 Å². The van der Waals surface area contributed by atoms with Crippen molar-refractivity contribution in [2.75, 3.05) is 0 Å². The number of hydrogen-bond acceptors (Lipinski definition) is 4. The minimum atomic E-state index is -0.707. The lowest BCUT2D eigenvalue weighted by Crippen LogP contribution is -2.33. The number of aryl methyl sites for hydroxylation is 1. The molecule has 1 aromatic carbocycles. The lowest BCUT2D eigenvalue weighted by atomic mass is 9.85. The second kappa shape index (κ2) is 7.56. The SMILES string of the molecule is Cc1cncc(-c2cc(=O)[nH]c(-c3cc(CC(C)(C)C(N)=O)ccc3Cl)n2)c1. The number of benzene rings is 1. The first kappa shape index (κ1) is 19.8. The van der Waals surface area contributed by atoms with Crippen LogP contribution < -0.4 is 11.3 Å². The zero-order valence-corrected chi connectivity index (χ0v) is 16.7. The molecule has 0 aliphatic heterocycles. The molecule has 144 valence electrons. The number of aromatic nitrogens is 3. The van der Waals surface area contributed by atoms with Crippen LogP contribution in [-0.2, 0) is 11.2 Å². The third kappa shape index (κ3) is 4.28. The Bertz CT molecular complexity index is 1110. The van der Waals surface area contributed by atoms with Crippen LogP contribution in [0.5, 0.6) is 0 Å². The maximum absolute atomic E-state index is 12.2. The molecule has 0 atom stereocenters. The number of nitrogens with one attached hydrogen (secondary N) is 1. The second-order valence-electron chi connectivity index (χ2n) is 7.47. The Kier molecular flexibility index (Phi) is 5.34. The fourth-order valence-corrected chi connectivity index (χ4v) is 3.10. The number of carbonyl (C=O) groups excluding carboxylic acids is 1. The Morgan fingerprint density at radius 3 is 2.64 bits per heavy atom. The van der Waals surface area contributed by atoms with E-state index < -0.39 is 5.41 Å². The summed E-state index contributed by atoms with van der Waals surface area (Å²) in [6, 6.07) is 8.72. The Morgan fingerprint density at radius 1 is 1.21 bits per heavy atom. The summed E-state index contributed by atoms with van der Waals surface area (Å²) in [5.74, 6) is -0.0304. The highest BCUT2D eigenvalue weighted by Crippen LogP contribution is 2.30. The summed E-state index contributed by atoms with van der Waals surface area (Å²) >= 11 is 6.37. The molecule has 0 aliphatic carbocycles. The van der Waals surface area contributed by atoms with Crippen LogP contribution in [0.1, 0.15) is 25.0 Å². The molecule has 28 heavy (non-hydrogen) atoms. The van der Waals surface area contributed by atoms with E-state index in [4.69, 9.17) is 17.3 Å². The van der Waals surface area contributed by atoms with Gasteiger partial charge < -0.3 is 10.7 Å². The zero-order valence-electron chi connectivity index (χ0n) is 15.9. The van der Waals surface area contributed by atoms with E-state index in [0.29, 0.717) is 28.5 Å². The van der Waals surface area contributed by atoms with E-state index in [1.54, 1.807) is 32.3 Å². The van der Waals surface area contributed by atoms with Gasteiger partial charge in [0, 0.05) is 35.0 Å². The third-order valence-corrected chi connectivity index (χ3v) is 4.84. The number of nitrogens with two attached hydrogens (primary N) is 1. The van der Waals surface area contributed by atoms with Gasteiger partial charge >= 0.3 is 0 Å². The van der Waals surface area contributed by atoms with Crippen molar-refractivity contribution in [3.63, 3.8) is 0 Å². The quantitative estimate of drug-likeness (QED) is 0.688. The summed E-state index contributed by atoms with van der Waals surface area (Å²) in [5, 5.41) is 0.447. The average molecular weight is 397 g/mol. The molecule has 3 rings (SSSR count). The van der Waals surface area contributed by atoms with Crippen LogP contribution in [0, 0.1) is 12.3 Å². The number of amides is 1. The lowest BCUT2D eigenvalue weighted by Gasteiger charge is -2.20. The van der Waals surface area contributed by atoms with Gasteiger partial charge in [-0.05, 0) is 42.7 Å². The molecular weight excluding hydrogens is 376 g/mol. The predicted octanol–water partition coefficient (Wildman–Crippen LogP) is 3.51. The van der Waals surface area contributed by atoms with Crippen molar-refractivity contribution in [2.24, 2.45) is 11.1 Å². The number of hydrogen-bond donors (Lipinski definition) is 2. The summed E-state index contributed by atoms with van der Waals surface area (Å²) < 4.78 is 0. The molecule has 3 N–H and O–H groups in total. The van der Waals surface area contributed by atoms with Gasteiger partial charge in [-0.15, -0.1) is 0 Å². The van der Waals surface area contributed by atoms with E-state index in [9.17, 15) is 9.59 Å². The molecule has 0 saturated heterocycles. The van der Waals surface area contributed by atoms with Gasteiger partial charge in [0.05, 0.1) is 10.7 Å². The lowest BCUT2D eigenvalue weighted by molar-refractivity contribution is -0.125. The topological polar surface area (TPSA) is 102 Å². The van der Waals surface area contributed by atoms with Crippen molar-refractivity contribution in [1.29, 1.82) is 0 Å². The van der Waals surface area contributed by atoms with Crippen molar-refractivity contribution < 1.29 is 4.79 Å². The van der Waals surface area contributed by atoms with Gasteiger partial charge in [-0.25, -0.2) is 4.98 Å². The Morgan fingerprint density at radius 2 is 1.96 bits per heavy atom. The maximum Gasteiger partial charge on any atom is 0.251 e. The number of H-pyrrole nitrogens is 1. The maximum atomic E-state index is 12.2. The minimum Gasteiger partial charge on any atom is -0.369 e. The zero-order chi connectivity index (χ0) is 20.5. The largest absolute Gasteiger partial charge is 0.369 e. The highest BCUT2D eigenvalue weighted by atomic mass is 35.5. The Labute approximate surface area is 167 Å². The summed E-state index contributed by atoms with van der Waals surface area (Å²) in [4.78, 5) is 35.4. The molecule has 7 heteroatoms. The molecule has 0 unspecified atom stereocenters. The number of carbonyl (C=O) groups is 1. The van der Waals surface area contributed by atoms with Crippen LogP contribution in [-0.4, -0.2) is 20.9 Å². The van der Waals surface area contributed by atoms with Crippen LogP contribution in [0.25, 0.3) is 22.6 Å². The Balaban J connectivity index is 2.07. The van der Waals surface area contributed by atoms with E-state index in [1.807, 2.05) is 25.1 Å².